The third-order valence-electron chi connectivity index (χ3n) is 2.13. The standard InChI is InChI=1S/C10H4BrClI3NO2S2/c11-10-5(12)3-8(19-10)20(17,18)16-9-6(14)1-4(13)2-7(9)15/h1-3,16H. The van der Waals surface area contributed by atoms with Gasteiger partial charge in [-0.1, -0.05) is 11.6 Å². The van der Waals surface area contributed by atoms with Crippen molar-refractivity contribution in [1.29, 1.82) is 0 Å². The van der Waals surface area contributed by atoms with Crippen molar-refractivity contribution in [2.75, 3.05) is 4.72 Å². The summed E-state index contributed by atoms with van der Waals surface area (Å²) in [6.45, 7) is 0. The summed E-state index contributed by atoms with van der Waals surface area (Å²) in [5.74, 6) is 0. The van der Waals surface area contributed by atoms with E-state index in [-0.39, 0.29) is 4.21 Å². The zero-order valence-electron chi connectivity index (χ0n) is 9.25. The van der Waals surface area contributed by atoms with Crippen molar-refractivity contribution >= 4 is 122 Å². The minimum Gasteiger partial charge on any atom is -0.277 e. The molecule has 0 bridgehead atoms. The van der Waals surface area contributed by atoms with Gasteiger partial charge in [0.2, 0.25) is 0 Å². The smallest absolute Gasteiger partial charge is 0.271 e. The lowest BCUT2D eigenvalue weighted by Gasteiger charge is -2.11. The summed E-state index contributed by atoms with van der Waals surface area (Å²) in [7, 11) is -3.63. The molecule has 1 aromatic heterocycles. The van der Waals surface area contributed by atoms with Crippen LogP contribution in [-0.2, 0) is 10.0 Å². The quantitative estimate of drug-likeness (QED) is 0.408. The van der Waals surface area contributed by atoms with Gasteiger partial charge in [0, 0.05) is 10.7 Å². The van der Waals surface area contributed by atoms with Gasteiger partial charge in [-0.15, -0.1) is 11.3 Å². The normalized spacial score (nSPS) is 11.7. The van der Waals surface area contributed by atoms with Crippen LogP contribution >= 0.6 is 107 Å². The van der Waals surface area contributed by atoms with Gasteiger partial charge in [-0.25, -0.2) is 8.42 Å². The predicted molar refractivity (Wildman–Crippen MR) is 112 cm³/mol. The Hall–Kier alpha value is 1.63. The number of hydrogen-bond acceptors (Lipinski definition) is 3. The number of anilines is 1. The molecule has 2 rings (SSSR count). The summed E-state index contributed by atoms with van der Waals surface area (Å²) in [5, 5.41) is 0.391. The van der Waals surface area contributed by atoms with Crippen LogP contribution in [0.5, 0.6) is 0 Å². The first-order chi connectivity index (χ1) is 9.20. The molecule has 1 N–H and O–H groups in total. The summed E-state index contributed by atoms with van der Waals surface area (Å²) in [5.41, 5.74) is 0.590. The fourth-order valence-corrected chi connectivity index (χ4v) is 9.00. The third-order valence-corrected chi connectivity index (χ3v) is 8.75. The second-order valence-corrected chi connectivity index (χ2v) is 11.8. The largest absolute Gasteiger partial charge is 0.277 e. The maximum atomic E-state index is 12.4. The molecular weight excluding hydrogens is 726 g/mol. The molecule has 1 aromatic carbocycles. The molecule has 1 heterocycles. The molecule has 3 nitrogen and oxygen atoms in total. The van der Waals surface area contributed by atoms with Crippen LogP contribution in [0.3, 0.4) is 0 Å². The average Bonchev–Trinajstić information content (AvgIpc) is 2.65. The highest BCUT2D eigenvalue weighted by molar-refractivity contribution is 14.1. The molecule has 0 saturated heterocycles. The van der Waals surface area contributed by atoms with Crippen molar-refractivity contribution in [1.82, 2.24) is 0 Å². The van der Waals surface area contributed by atoms with Gasteiger partial charge in [-0.05, 0) is 102 Å². The minimum absolute atomic E-state index is 0.180. The predicted octanol–water partition coefficient (Wildman–Crippen LogP) is 5.78. The van der Waals surface area contributed by atoms with Crippen molar-refractivity contribution in [2.45, 2.75) is 4.21 Å². The number of nitrogens with one attached hydrogen (secondary N) is 1. The van der Waals surface area contributed by atoms with Gasteiger partial charge < -0.3 is 0 Å². The molecule has 108 valence electrons. The number of rotatable bonds is 3. The number of benzene rings is 1. The highest BCUT2D eigenvalue weighted by Crippen LogP contribution is 2.36. The SMILES string of the molecule is O=S(=O)(Nc1c(I)cc(I)cc1I)c1cc(Cl)c(Br)s1. The monoisotopic (exact) mass is 729 g/mol. The summed E-state index contributed by atoms with van der Waals surface area (Å²) >= 11 is 16.6. The summed E-state index contributed by atoms with van der Waals surface area (Å²) in [4.78, 5) is 0. The Morgan fingerprint density at radius 2 is 1.70 bits per heavy atom. The van der Waals surface area contributed by atoms with Gasteiger partial charge in [0.1, 0.15) is 4.21 Å². The van der Waals surface area contributed by atoms with Crippen molar-refractivity contribution in [2.24, 2.45) is 0 Å². The van der Waals surface area contributed by atoms with E-state index in [0.717, 1.165) is 22.0 Å². The lowest BCUT2D eigenvalue weighted by molar-refractivity contribution is 0.603. The Balaban J connectivity index is 2.43. The average molecular weight is 730 g/mol. The van der Waals surface area contributed by atoms with Gasteiger partial charge in [-0.3, -0.25) is 4.72 Å². The summed E-state index contributed by atoms with van der Waals surface area (Å²) in [6, 6.07) is 5.27. The molecule has 0 fully saturated rings. The summed E-state index contributed by atoms with van der Waals surface area (Å²) < 4.78 is 30.9. The first kappa shape index (κ1) is 18.0. The molecule has 0 atom stereocenters. The zero-order valence-corrected chi connectivity index (χ0v) is 19.7. The van der Waals surface area contributed by atoms with E-state index in [9.17, 15) is 8.42 Å². The number of sulfonamides is 1. The van der Waals surface area contributed by atoms with Crippen LogP contribution in [0.4, 0.5) is 5.69 Å². The molecule has 0 spiro atoms. The van der Waals surface area contributed by atoms with E-state index in [1.165, 1.54) is 6.07 Å². The highest BCUT2D eigenvalue weighted by Gasteiger charge is 2.21. The fourth-order valence-electron chi connectivity index (χ4n) is 1.28. The van der Waals surface area contributed by atoms with Crippen molar-refractivity contribution in [3.8, 4) is 0 Å². The van der Waals surface area contributed by atoms with Crippen LogP contribution in [0.1, 0.15) is 0 Å². The Labute approximate surface area is 174 Å². The molecule has 0 aliphatic rings. The fraction of sp³-hybridized carbons (Fsp3) is 0. The highest BCUT2D eigenvalue weighted by atomic mass is 127. The van der Waals surface area contributed by atoms with Gasteiger partial charge in [0.05, 0.1) is 14.5 Å². The van der Waals surface area contributed by atoms with E-state index < -0.39 is 10.0 Å². The number of hydrogen-bond donors (Lipinski definition) is 1. The molecule has 0 amide bonds. The third kappa shape index (κ3) is 4.13. The first-order valence-electron chi connectivity index (χ1n) is 4.83. The van der Waals surface area contributed by atoms with Gasteiger partial charge in [-0.2, -0.15) is 0 Å². The Morgan fingerprint density at radius 1 is 1.15 bits per heavy atom. The van der Waals surface area contributed by atoms with E-state index in [2.05, 4.69) is 88.4 Å². The minimum atomic E-state index is -3.63. The lowest BCUT2D eigenvalue weighted by atomic mass is 10.3. The number of halogens is 5. The Morgan fingerprint density at radius 3 is 2.15 bits per heavy atom. The zero-order chi connectivity index (χ0) is 15.1. The van der Waals surface area contributed by atoms with Crippen LogP contribution < -0.4 is 4.72 Å². The van der Waals surface area contributed by atoms with E-state index in [0.29, 0.717) is 14.5 Å². The maximum absolute atomic E-state index is 12.4. The van der Waals surface area contributed by atoms with Crippen molar-refractivity contribution in [3.63, 3.8) is 0 Å². The van der Waals surface area contributed by atoms with Gasteiger partial charge in [0.15, 0.2) is 0 Å². The van der Waals surface area contributed by atoms with E-state index in [1.807, 2.05) is 12.1 Å². The van der Waals surface area contributed by atoms with Crippen molar-refractivity contribution < 1.29 is 8.42 Å². The van der Waals surface area contributed by atoms with Crippen LogP contribution in [0, 0.1) is 10.7 Å². The second-order valence-electron chi connectivity index (χ2n) is 3.54. The van der Waals surface area contributed by atoms with Crippen molar-refractivity contribution in [3.05, 3.63) is 37.7 Å². The number of thiophene rings is 1. The van der Waals surface area contributed by atoms with E-state index in [1.54, 1.807) is 0 Å². The van der Waals surface area contributed by atoms with Gasteiger partial charge in [0.25, 0.3) is 10.0 Å². The van der Waals surface area contributed by atoms with Crippen LogP contribution in [0.2, 0.25) is 5.02 Å². The van der Waals surface area contributed by atoms with Crippen LogP contribution in [-0.4, -0.2) is 8.42 Å². The molecule has 0 aliphatic heterocycles. The molecule has 20 heavy (non-hydrogen) atoms. The maximum Gasteiger partial charge on any atom is 0.271 e. The Bertz CT molecular complexity index is 736. The first-order valence-corrected chi connectivity index (χ1v) is 11.5. The molecule has 2 aromatic rings. The molecule has 10 heteroatoms. The topological polar surface area (TPSA) is 46.2 Å². The van der Waals surface area contributed by atoms with E-state index in [4.69, 9.17) is 11.6 Å². The van der Waals surface area contributed by atoms with E-state index >= 15 is 0 Å². The molecule has 0 radical (unpaired) electrons. The molecular formula is C10H4BrClI3NO2S2. The lowest BCUT2D eigenvalue weighted by Crippen LogP contribution is -2.13. The van der Waals surface area contributed by atoms with Gasteiger partial charge >= 0.3 is 0 Å². The molecule has 0 unspecified atom stereocenters. The summed E-state index contributed by atoms with van der Waals surface area (Å²) in [6.07, 6.45) is 0. The van der Waals surface area contributed by atoms with Crippen LogP contribution in [0.25, 0.3) is 0 Å². The Kier molecular flexibility index (Phi) is 6.32. The molecule has 0 aliphatic carbocycles. The second kappa shape index (κ2) is 7.03. The molecule has 0 saturated carbocycles. The van der Waals surface area contributed by atoms with Crippen LogP contribution in [0.15, 0.2) is 26.2 Å².